The molecule has 3 rings (SSSR count). The van der Waals surface area contributed by atoms with Crippen LogP contribution in [-0.2, 0) is 4.79 Å². The number of carbonyl (C=O) groups is 3. The number of aryl methyl sites for hydroxylation is 1. The van der Waals surface area contributed by atoms with Gasteiger partial charge in [-0.05, 0) is 36.8 Å². The van der Waals surface area contributed by atoms with Crippen LogP contribution in [0.5, 0.6) is 0 Å². The number of anilines is 1. The Balaban J connectivity index is 1.70. The minimum absolute atomic E-state index is 0.0250. The lowest BCUT2D eigenvalue weighted by molar-refractivity contribution is -0.130. The van der Waals surface area contributed by atoms with Gasteiger partial charge >= 0.3 is 0 Å². The molecule has 0 saturated carbocycles. The van der Waals surface area contributed by atoms with Crippen molar-refractivity contribution in [3.8, 4) is 0 Å². The maximum Gasteiger partial charge on any atom is 0.255 e. The molecule has 0 radical (unpaired) electrons. The normalized spacial score (nSPS) is 14.0. The van der Waals surface area contributed by atoms with E-state index in [1.54, 1.807) is 34.1 Å². The van der Waals surface area contributed by atoms with Crippen LogP contribution in [0, 0.1) is 6.92 Å². The number of nitrogens with zero attached hydrogens (tertiary/aromatic N) is 2. The number of piperazine rings is 1. The van der Waals surface area contributed by atoms with Crippen LogP contribution in [0.2, 0.25) is 0 Å². The maximum absolute atomic E-state index is 12.8. The molecule has 140 valence electrons. The number of hydrogen-bond donors (Lipinski definition) is 1. The maximum atomic E-state index is 12.8. The van der Waals surface area contributed by atoms with E-state index in [1.807, 2.05) is 31.2 Å². The van der Waals surface area contributed by atoms with E-state index in [-0.39, 0.29) is 17.7 Å². The molecule has 0 atom stereocenters. The first-order chi connectivity index (χ1) is 13.0. The summed E-state index contributed by atoms with van der Waals surface area (Å²) in [5.41, 5.74) is 2.64. The Morgan fingerprint density at radius 1 is 0.852 bits per heavy atom. The topological polar surface area (TPSA) is 69.7 Å². The Labute approximate surface area is 158 Å². The molecule has 1 heterocycles. The van der Waals surface area contributed by atoms with Crippen LogP contribution >= 0.6 is 0 Å². The quantitative estimate of drug-likeness (QED) is 0.909. The van der Waals surface area contributed by atoms with Gasteiger partial charge in [-0.25, -0.2) is 0 Å². The molecule has 1 N–H and O–H groups in total. The Bertz CT molecular complexity index is 870. The largest absolute Gasteiger partial charge is 0.339 e. The molecule has 0 aromatic heterocycles. The summed E-state index contributed by atoms with van der Waals surface area (Å²) in [7, 11) is 0. The number of rotatable bonds is 3. The van der Waals surface area contributed by atoms with Crippen LogP contribution in [0.1, 0.15) is 33.2 Å². The van der Waals surface area contributed by atoms with Crippen LogP contribution in [-0.4, -0.2) is 53.7 Å². The van der Waals surface area contributed by atoms with Gasteiger partial charge in [0.05, 0.1) is 0 Å². The highest BCUT2D eigenvalue weighted by Gasteiger charge is 2.23. The van der Waals surface area contributed by atoms with Gasteiger partial charge in [0, 0.05) is 49.9 Å². The van der Waals surface area contributed by atoms with Gasteiger partial charge in [0.15, 0.2) is 0 Å². The SMILES string of the molecule is CC(=O)N1CCN(C(=O)c2cccc(C(=O)Nc3ccccc3C)c2)CC1. The van der Waals surface area contributed by atoms with Crippen LogP contribution in [0.25, 0.3) is 0 Å². The minimum atomic E-state index is -0.250. The van der Waals surface area contributed by atoms with E-state index < -0.39 is 0 Å². The number of para-hydroxylation sites is 1. The molecule has 27 heavy (non-hydrogen) atoms. The highest BCUT2D eigenvalue weighted by atomic mass is 16.2. The fourth-order valence-corrected chi connectivity index (χ4v) is 3.11. The van der Waals surface area contributed by atoms with Crippen molar-refractivity contribution in [3.05, 3.63) is 65.2 Å². The third-order valence-electron chi connectivity index (χ3n) is 4.78. The molecule has 6 nitrogen and oxygen atoms in total. The van der Waals surface area contributed by atoms with Gasteiger partial charge in [-0.3, -0.25) is 14.4 Å². The molecule has 0 aliphatic carbocycles. The molecule has 1 aliphatic heterocycles. The van der Waals surface area contributed by atoms with Gasteiger partial charge in [0.25, 0.3) is 11.8 Å². The predicted molar refractivity (Wildman–Crippen MR) is 104 cm³/mol. The Hall–Kier alpha value is -3.15. The zero-order valence-corrected chi connectivity index (χ0v) is 15.6. The zero-order chi connectivity index (χ0) is 19.4. The number of carbonyl (C=O) groups excluding carboxylic acids is 3. The van der Waals surface area contributed by atoms with Gasteiger partial charge in [0.1, 0.15) is 0 Å². The molecule has 6 heteroatoms. The van der Waals surface area contributed by atoms with Crippen molar-refractivity contribution in [1.82, 2.24) is 9.80 Å². The summed E-state index contributed by atoms with van der Waals surface area (Å²) in [6, 6.07) is 14.3. The fourth-order valence-electron chi connectivity index (χ4n) is 3.11. The van der Waals surface area contributed by atoms with Crippen molar-refractivity contribution in [2.45, 2.75) is 13.8 Å². The summed E-state index contributed by atoms with van der Waals surface area (Å²) in [5.74, 6) is -0.346. The van der Waals surface area contributed by atoms with Crippen molar-refractivity contribution in [2.75, 3.05) is 31.5 Å². The van der Waals surface area contributed by atoms with E-state index in [1.165, 1.54) is 6.92 Å². The average Bonchev–Trinajstić information content (AvgIpc) is 2.69. The van der Waals surface area contributed by atoms with E-state index in [9.17, 15) is 14.4 Å². The lowest BCUT2D eigenvalue weighted by atomic mass is 10.1. The number of hydrogen-bond acceptors (Lipinski definition) is 3. The van der Waals surface area contributed by atoms with Crippen molar-refractivity contribution in [2.24, 2.45) is 0 Å². The summed E-state index contributed by atoms with van der Waals surface area (Å²) < 4.78 is 0. The number of amides is 3. The number of nitrogens with one attached hydrogen (secondary N) is 1. The summed E-state index contributed by atoms with van der Waals surface area (Å²) in [5, 5.41) is 2.88. The van der Waals surface area contributed by atoms with Crippen LogP contribution < -0.4 is 5.32 Å². The summed E-state index contributed by atoms with van der Waals surface area (Å²) in [4.78, 5) is 40.2. The minimum Gasteiger partial charge on any atom is -0.339 e. The van der Waals surface area contributed by atoms with Gasteiger partial charge in [-0.1, -0.05) is 24.3 Å². The predicted octanol–water partition coefficient (Wildman–Crippen LogP) is 2.55. The Morgan fingerprint density at radius 2 is 1.48 bits per heavy atom. The van der Waals surface area contributed by atoms with Gasteiger partial charge in [-0.2, -0.15) is 0 Å². The zero-order valence-electron chi connectivity index (χ0n) is 15.6. The lowest BCUT2D eigenvalue weighted by Crippen LogP contribution is -2.50. The van der Waals surface area contributed by atoms with Crippen molar-refractivity contribution < 1.29 is 14.4 Å². The molecular formula is C21H23N3O3. The van der Waals surface area contributed by atoms with Crippen LogP contribution in [0.3, 0.4) is 0 Å². The van der Waals surface area contributed by atoms with E-state index >= 15 is 0 Å². The molecule has 0 bridgehead atoms. The summed E-state index contributed by atoms with van der Waals surface area (Å²) in [6.07, 6.45) is 0. The second kappa shape index (κ2) is 8.03. The molecule has 2 aromatic rings. The van der Waals surface area contributed by atoms with Crippen molar-refractivity contribution in [1.29, 1.82) is 0 Å². The third kappa shape index (κ3) is 4.34. The third-order valence-corrected chi connectivity index (χ3v) is 4.78. The van der Waals surface area contributed by atoms with Crippen molar-refractivity contribution in [3.63, 3.8) is 0 Å². The van der Waals surface area contributed by atoms with Gasteiger partial charge in [0.2, 0.25) is 5.91 Å². The average molecular weight is 365 g/mol. The number of benzene rings is 2. The molecule has 3 amide bonds. The molecule has 0 spiro atoms. The van der Waals surface area contributed by atoms with E-state index in [0.29, 0.717) is 37.3 Å². The van der Waals surface area contributed by atoms with Crippen molar-refractivity contribution >= 4 is 23.4 Å². The lowest BCUT2D eigenvalue weighted by Gasteiger charge is -2.34. The molecule has 1 fully saturated rings. The second-order valence-corrected chi connectivity index (χ2v) is 6.65. The summed E-state index contributed by atoms with van der Waals surface area (Å²) >= 11 is 0. The highest BCUT2D eigenvalue weighted by molar-refractivity contribution is 6.06. The van der Waals surface area contributed by atoms with Crippen LogP contribution in [0.15, 0.2) is 48.5 Å². The Morgan fingerprint density at radius 3 is 2.15 bits per heavy atom. The standard InChI is InChI=1S/C21H23N3O3/c1-15-6-3-4-9-19(15)22-20(26)17-7-5-8-18(14-17)21(27)24-12-10-23(11-13-24)16(2)25/h3-9,14H,10-13H2,1-2H3,(H,22,26). The first kappa shape index (κ1) is 18.6. The van der Waals surface area contributed by atoms with Gasteiger partial charge < -0.3 is 15.1 Å². The fraction of sp³-hybridized carbons (Fsp3) is 0.286. The molecule has 2 aromatic carbocycles. The first-order valence-electron chi connectivity index (χ1n) is 8.97. The molecular weight excluding hydrogens is 342 g/mol. The second-order valence-electron chi connectivity index (χ2n) is 6.65. The smallest absolute Gasteiger partial charge is 0.255 e. The van der Waals surface area contributed by atoms with E-state index in [4.69, 9.17) is 0 Å². The molecule has 0 unspecified atom stereocenters. The monoisotopic (exact) mass is 365 g/mol. The Kier molecular flexibility index (Phi) is 5.54. The molecule has 1 aliphatic rings. The van der Waals surface area contributed by atoms with Gasteiger partial charge in [-0.15, -0.1) is 0 Å². The first-order valence-corrected chi connectivity index (χ1v) is 8.97. The van der Waals surface area contributed by atoms with Crippen LogP contribution in [0.4, 0.5) is 5.69 Å². The van der Waals surface area contributed by atoms with E-state index in [0.717, 1.165) is 11.3 Å². The summed E-state index contributed by atoms with van der Waals surface area (Å²) in [6.45, 7) is 5.53. The van der Waals surface area contributed by atoms with E-state index in [2.05, 4.69) is 5.32 Å². The molecule has 1 saturated heterocycles. The highest BCUT2D eigenvalue weighted by Crippen LogP contribution is 2.16.